The van der Waals surface area contributed by atoms with Gasteiger partial charge in [-0.05, 0) is 45.9 Å². The molecule has 3 heteroatoms. The van der Waals surface area contributed by atoms with Crippen LogP contribution in [0.4, 0.5) is 0 Å². The second-order valence-electron chi connectivity index (χ2n) is 14.7. The molecule has 1 fully saturated rings. The number of hydrogen-bond donors (Lipinski definition) is 0. The summed E-state index contributed by atoms with van der Waals surface area (Å²) in [6, 6.07) is 9.66. The van der Waals surface area contributed by atoms with E-state index in [0.717, 1.165) is 6.42 Å². The first-order chi connectivity index (χ1) is 19.3. The molecule has 0 saturated heterocycles. The summed E-state index contributed by atoms with van der Waals surface area (Å²) in [5.41, 5.74) is 13.4. The second kappa shape index (κ2) is 14.0. The third-order valence-corrected chi connectivity index (χ3v) is 10.7. The Labute approximate surface area is 289 Å². The fourth-order valence-electron chi connectivity index (χ4n) is 6.59. The molecule has 0 aromatic heterocycles. The normalized spacial score (nSPS) is 20.7. The van der Waals surface area contributed by atoms with Crippen LogP contribution in [-0.2, 0) is 41.5 Å². The number of benzene rings is 2. The maximum absolute atomic E-state index is 3.50. The monoisotopic (exact) mass is 688 g/mol. The molecule has 0 nitrogen and oxygen atoms in total. The first kappa shape index (κ1) is 36.2. The van der Waals surface area contributed by atoms with E-state index >= 15 is 0 Å². The molecular formula is C40H48Cl2Zr-2. The number of allylic oxidation sites excluding steroid dienone is 6. The fourth-order valence-corrected chi connectivity index (χ4v) is 7.46. The van der Waals surface area contributed by atoms with Crippen LogP contribution in [0.5, 0.6) is 0 Å². The van der Waals surface area contributed by atoms with Gasteiger partial charge in [0.05, 0.1) is 0 Å². The van der Waals surface area contributed by atoms with Crippen molar-refractivity contribution in [2.75, 3.05) is 0 Å². The quantitative estimate of drug-likeness (QED) is 0.325. The first-order valence-electron chi connectivity index (χ1n) is 15.8. The molecule has 7 rings (SSSR count). The third-order valence-electron chi connectivity index (χ3n) is 9.45. The Morgan fingerprint density at radius 3 is 1.95 bits per heavy atom. The van der Waals surface area contributed by atoms with Gasteiger partial charge in [-0.15, -0.1) is 11.6 Å². The van der Waals surface area contributed by atoms with Crippen LogP contribution in [0.15, 0.2) is 48.1 Å². The summed E-state index contributed by atoms with van der Waals surface area (Å²) in [5.74, 6) is 0.573. The Kier molecular flexibility index (Phi) is 11.8. The molecule has 0 spiro atoms. The molecule has 2 aromatic carbocycles. The van der Waals surface area contributed by atoms with E-state index in [9.17, 15) is 0 Å². The van der Waals surface area contributed by atoms with Crippen molar-refractivity contribution < 1.29 is 49.0 Å². The van der Waals surface area contributed by atoms with Crippen LogP contribution in [0.2, 0.25) is 0 Å². The summed E-state index contributed by atoms with van der Waals surface area (Å²) >= 11 is 1.69. The molecule has 1 atom stereocenters. The van der Waals surface area contributed by atoms with Crippen molar-refractivity contribution in [2.45, 2.75) is 111 Å². The molecule has 0 bridgehead atoms. The molecule has 0 amide bonds. The van der Waals surface area contributed by atoms with Crippen LogP contribution in [-0.4, -0.2) is 3.21 Å². The number of rotatable bonds is 1. The van der Waals surface area contributed by atoms with Crippen LogP contribution in [0.1, 0.15) is 127 Å². The zero-order valence-electron chi connectivity index (χ0n) is 27.5. The molecule has 0 heterocycles. The Hall–Kier alpha value is -1.27. The van der Waals surface area contributed by atoms with E-state index in [4.69, 9.17) is 0 Å². The van der Waals surface area contributed by atoms with Crippen molar-refractivity contribution in [1.29, 1.82) is 0 Å². The maximum atomic E-state index is 3.50. The van der Waals surface area contributed by atoms with E-state index in [1.807, 2.05) is 0 Å². The van der Waals surface area contributed by atoms with Gasteiger partial charge in [0.2, 0.25) is 0 Å². The molecule has 1 unspecified atom stereocenters. The molecule has 0 radical (unpaired) electrons. The van der Waals surface area contributed by atoms with Crippen molar-refractivity contribution in [2.24, 2.45) is 11.3 Å². The molecular weight excluding hydrogens is 643 g/mol. The van der Waals surface area contributed by atoms with Crippen molar-refractivity contribution in [3.05, 3.63) is 93.6 Å². The van der Waals surface area contributed by atoms with Gasteiger partial charge in [-0.3, -0.25) is 12.2 Å². The predicted molar refractivity (Wildman–Crippen MR) is 175 cm³/mol. The van der Waals surface area contributed by atoms with Crippen molar-refractivity contribution >= 4 is 15.4 Å². The standard InChI is InChI=1S/C23H21.C11H17.C6H10.2ClH.Zr/c1-22(2)7-5-14-10-18-16(12-20(14)22)9-17-13-21-15(11-19(17)18)6-8-23(21,3)4;1-5-9-6-7-10(8-9)11(2,3)4;1-2-4-6-5-3-1;;;/h5-7,10-13H,9H2,1-4H3;7-9H,5H2,1-4H3;1-5H2;2*1H;/q2*-1;;;;+2/p-2. The second-order valence-corrected chi connectivity index (χ2v) is 16.4. The van der Waals surface area contributed by atoms with Crippen LogP contribution >= 0.6 is 0 Å². The Balaban J connectivity index is 0.000000212. The molecule has 0 aliphatic heterocycles. The summed E-state index contributed by atoms with van der Waals surface area (Å²) in [5, 5.41) is 0. The van der Waals surface area contributed by atoms with Gasteiger partial charge in [0, 0.05) is 5.41 Å². The third kappa shape index (κ3) is 7.94. The summed E-state index contributed by atoms with van der Waals surface area (Å²) in [7, 11) is 0. The molecule has 0 N–H and O–H groups in total. The minimum absolute atomic E-state index is 0. The summed E-state index contributed by atoms with van der Waals surface area (Å²) in [4.78, 5) is 0. The Morgan fingerprint density at radius 1 is 0.837 bits per heavy atom. The van der Waals surface area contributed by atoms with E-state index in [1.165, 1.54) is 88.6 Å². The van der Waals surface area contributed by atoms with Gasteiger partial charge < -0.3 is 24.8 Å². The average Bonchev–Trinajstić information content (AvgIpc) is 3.68. The number of fused-ring (bicyclic) bond motifs is 5. The Morgan fingerprint density at radius 2 is 1.44 bits per heavy atom. The number of halogens is 2. The van der Waals surface area contributed by atoms with E-state index in [2.05, 4.69) is 122 Å². The zero-order valence-corrected chi connectivity index (χ0v) is 31.4. The van der Waals surface area contributed by atoms with Gasteiger partial charge in [-0.2, -0.15) is 17.2 Å². The van der Waals surface area contributed by atoms with Gasteiger partial charge in [0.1, 0.15) is 0 Å². The fraction of sp³-hybridized carbons (Fsp3) is 0.475. The van der Waals surface area contributed by atoms with E-state index < -0.39 is 0 Å². The van der Waals surface area contributed by atoms with E-state index in [1.54, 1.807) is 27.4 Å². The van der Waals surface area contributed by atoms with Gasteiger partial charge in [-0.1, -0.05) is 103 Å². The van der Waals surface area contributed by atoms with Crippen molar-refractivity contribution in [3.63, 3.8) is 0 Å². The van der Waals surface area contributed by atoms with E-state index in [-0.39, 0.29) is 35.6 Å². The predicted octanol–water partition coefficient (Wildman–Crippen LogP) is 4.71. The zero-order chi connectivity index (χ0) is 29.6. The van der Waals surface area contributed by atoms with Gasteiger partial charge in [0.15, 0.2) is 0 Å². The van der Waals surface area contributed by atoms with Gasteiger partial charge >= 0.3 is 59.5 Å². The van der Waals surface area contributed by atoms with Crippen LogP contribution in [0.25, 0.3) is 23.3 Å². The molecule has 43 heavy (non-hydrogen) atoms. The minimum atomic E-state index is 0. The van der Waals surface area contributed by atoms with Crippen LogP contribution in [0.3, 0.4) is 0 Å². The van der Waals surface area contributed by atoms with Crippen molar-refractivity contribution in [1.82, 2.24) is 0 Å². The summed E-state index contributed by atoms with van der Waals surface area (Å²) in [6.45, 7) is 18.1. The molecule has 5 aliphatic carbocycles. The average molecular weight is 691 g/mol. The van der Waals surface area contributed by atoms with Gasteiger partial charge in [-0.25, -0.2) is 12.2 Å². The molecule has 1 saturated carbocycles. The first-order valence-corrected chi connectivity index (χ1v) is 17.0. The van der Waals surface area contributed by atoms with E-state index in [0.29, 0.717) is 11.3 Å². The number of hydrogen-bond acceptors (Lipinski definition) is 0. The van der Waals surface area contributed by atoms with Gasteiger partial charge in [0.25, 0.3) is 0 Å². The summed E-state index contributed by atoms with van der Waals surface area (Å²) in [6.07, 6.45) is 27.7. The molecule has 228 valence electrons. The summed E-state index contributed by atoms with van der Waals surface area (Å²) < 4.78 is 1.80. The topological polar surface area (TPSA) is 0 Å². The van der Waals surface area contributed by atoms with Crippen LogP contribution in [0, 0.1) is 23.5 Å². The Bertz CT molecular complexity index is 1390. The molecule has 2 aromatic rings. The molecule has 5 aliphatic rings. The SMILES string of the molecule is CC1(C)[C-]=Cc2cc3c(cc21)Cc1cc2c(cc1-3)C=CC2(C)C.CCC1[C-]=CC(C(C)(C)C)=C1.[Cl-].[Cl-].[Zr+2]=[C]1CCCCC1. The van der Waals surface area contributed by atoms with Crippen molar-refractivity contribution in [3.8, 4) is 11.1 Å². The van der Waals surface area contributed by atoms with Crippen LogP contribution < -0.4 is 24.8 Å².